The van der Waals surface area contributed by atoms with Crippen molar-refractivity contribution in [3.63, 3.8) is 0 Å². The highest BCUT2D eigenvalue weighted by Gasteiger charge is 2.24. The van der Waals surface area contributed by atoms with E-state index < -0.39 is 11.6 Å². The van der Waals surface area contributed by atoms with Gasteiger partial charge in [0.2, 0.25) is 17.6 Å². The van der Waals surface area contributed by atoms with Crippen LogP contribution in [0, 0.1) is 5.92 Å². The average Bonchev–Trinajstić information content (AvgIpc) is 3.12. The predicted molar refractivity (Wildman–Crippen MR) is 104 cm³/mol. The van der Waals surface area contributed by atoms with Gasteiger partial charge in [0, 0.05) is 6.04 Å². The van der Waals surface area contributed by atoms with E-state index in [0.717, 1.165) is 29.5 Å². The number of primary amides is 1. The summed E-state index contributed by atoms with van der Waals surface area (Å²) < 4.78 is 4.15. The first-order valence-corrected chi connectivity index (χ1v) is 9.60. The topological polar surface area (TPSA) is 116 Å². The quantitative estimate of drug-likeness (QED) is 0.671. The minimum atomic E-state index is -0.650. The largest absolute Gasteiger partial charge is 0.368 e. The zero-order chi connectivity index (χ0) is 19.8. The van der Waals surface area contributed by atoms with Crippen LogP contribution in [0.3, 0.4) is 0 Å². The second-order valence-corrected chi connectivity index (χ2v) is 7.55. The molecule has 9 nitrogen and oxygen atoms in total. The lowest BCUT2D eigenvalue weighted by molar-refractivity contribution is -0.123. The van der Waals surface area contributed by atoms with Crippen molar-refractivity contribution in [2.75, 3.05) is 0 Å². The third-order valence-corrected chi connectivity index (χ3v) is 5.54. The van der Waals surface area contributed by atoms with E-state index in [0.29, 0.717) is 17.2 Å². The summed E-state index contributed by atoms with van der Waals surface area (Å²) in [7, 11) is 0. The molecule has 2 atom stereocenters. The van der Waals surface area contributed by atoms with Gasteiger partial charge in [0.1, 0.15) is 13.1 Å². The number of imidazole rings is 1. The summed E-state index contributed by atoms with van der Waals surface area (Å²) in [5, 5.41) is 7.39. The molecule has 0 bridgehead atoms. The average molecular weight is 384 g/mol. The second kappa shape index (κ2) is 7.14. The summed E-state index contributed by atoms with van der Waals surface area (Å²) in [4.78, 5) is 36.7. The molecule has 148 valence electrons. The number of nitrogens with zero attached hydrogens (tertiary/aromatic N) is 4. The molecule has 0 unspecified atom stereocenters. The highest BCUT2D eigenvalue weighted by atomic mass is 16.2. The first-order valence-electron chi connectivity index (χ1n) is 9.60. The van der Waals surface area contributed by atoms with Crippen molar-refractivity contribution >= 4 is 28.6 Å². The molecule has 4 rings (SSSR count). The van der Waals surface area contributed by atoms with Crippen molar-refractivity contribution in [3.05, 3.63) is 34.7 Å². The summed E-state index contributed by atoms with van der Waals surface area (Å²) in [5.41, 5.74) is 6.13. The van der Waals surface area contributed by atoms with Gasteiger partial charge in [0.15, 0.2) is 0 Å². The maximum Gasteiger partial charge on any atom is 0.352 e. The lowest BCUT2D eigenvalue weighted by Gasteiger charge is -2.29. The van der Waals surface area contributed by atoms with E-state index in [1.807, 2.05) is 18.2 Å². The van der Waals surface area contributed by atoms with Gasteiger partial charge in [-0.1, -0.05) is 31.9 Å². The van der Waals surface area contributed by atoms with Crippen LogP contribution >= 0.6 is 0 Å². The van der Waals surface area contributed by atoms with Gasteiger partial charge in [0.05, 0.1) is 11.0 Å². The van der Waals surface area contributed by atoms with E-state index in [-0.39, 0.29) is 25.0 Å². The van der Waals surface area contributed by atoms with E-state index in [9.17, 15) is 14.4 Å². The van der Waals surface area contributed by atoms with Crippen molar-refractivity contribution < 1.29 is 9.59 Å². The zero-order valence-electron chi connectivity index (χ0n) is 15.8. The molecule has 1 aliphatic rings. The summed E-state index contributed by atoms with van der Waals surface area (Å²) in [6.45, 7) is 1.91. The number of fused-ring (bicyclic) bond motifs is 3. The minimum absolute atomic E-state index is 0.0489. The van der Waals surface area contributed by atoms with Crippen LogP contribution in [0.2, 0.25) is 0 Å². The number of carbonyl (C=O) groups is 2. The molecule has 3 N–H and O–H groups in total. The molecule has 1 aliphatic carbocycles. The Balaban J connectivity index is 1.71. The molecule has 2 heterocycles. The molecule has 1 saturated carbocycles. The molecule has 9 heteroatoms. The first-order chi connectivity index (χ1) is 13.5. The standard InChI is InChI=1S/C19H24N6O3/c1-12-6-2-3-7-13(12)21-17(27)11-23-14-8-4-5-9-15(14)25-18(23)22-24(19(25)28)10-16(20)26/h4-5,8-9,12-13H,2-3,6-7,10-11H2,1H3,(H2,20,26)(H,21,27)/t12-,13+/m0/s1. The van der Waals surface area contributed by atoms with Gasteiger partial charge in [-0.05, 0) is 30.9 Å². The number of benzene rings is 1. The Morgan fingerprint density at radius 3 is 2.61 bits per heavy atom. The molecule has 1 aromatic carbocycles. The third-order valence-electron chi connectivity index (χ3n) is 5.54. The number of amides is 2. The molecule has 28 heavy (non-hydrogen) atoms. The summed E-state index contributed by atoms with van der Waals surface area (Å²) in [6.07, 6.45) is 4.44. The zero-order valence-corrected chi connectivity index (χ0v) is 15.8. The monoisotopic (exact) mass is 384 g/mol. The van der Waals surface area contributed by atoms with Crippen molar-refractivity contribution in [3.8, 4) is 0 Å². The molecule has 2 amide bonds. The van der Waals surface area contributed by atoms with Gasteiger partial charge in [0.25, 0.3) is 0 Å². The predicted octanol–water partition coefficient (Wildman–Crippen LogP) is 0.631. The number of para-hydroxylation sites is 2. The Bertz CT molecular complexity index is 1110. The smallest absolute Gasteiger partial charge is 0.352 e. The number of aromatic nitrogens is 4. The van der Waals surface area contributed by atoms with Crippen LogP contribution in [0.5, 0.6) is 0 Å². The van der Waals surface area contributed by atoms with Crippen molar-refractivity contribution in [2.45, 2.75) is 51.7 Å². The Kier molecular flexibility index (Phi) is 4.66. The van der Waals surface area contributed by atoms with Crippen LogP contribution in [-0.2, 0) is 22.7 Å². The Hall–Kier alpha value is -3.10. The third kappa shape index (κ3) is 3.17. The van der Waals surface area contributed by atoms with Gasteiger partial charge in [-0.3, -0.25) is 14.2 Å². The molecular formula is C19H24N6O3. The van der Waals surface area contributed by atoms with Crippen LogP contribution < -0.4 is 16.7 Å². The van der Waals surface area contributed by atoms with Gasteiger partial charge >= 0.3 is 5.69 Å². The minimum Gasteiger partial charge on any atom is -0.368 e. The molecular weight excluding hydrogens is 360 g/mol. The maximum atomic E-state index is 12.8. The van der Waals surface area contributed by atoms with Gasteiger partial charge in [-0.15, -0.1) is 5.10 Å². The van der Waals surface area contributed by atoms with Crippen LogP contribution in [0.15, 0.2) is 29.1 Å². The van der Waals surface area contributed by atoms with E-state index in [4.69, 9.17) is 5.73 Å². The normalized spacial score (nSPS) is 19.9. The summed E-state index contributed by atoms with van der Waals surface area (Å²) in [5.74, 6) is 0.0115. The summed E-state index contributed by atoms with van der Waals surface area (Å²) >= 11 is 0. The highest BCUT2D eigenvalue weighted by Crippen LogP contribution is 2.24. The summed E-state index contributed by atoms with van der Waals surface area (Å²) in [6, 6.07) is 7.47. The van der Waals surface area contributed by atoms with Gasteiger partial charge in [-0.2, -0.15) is 0 Å². The van der Waals surface area contributed by atoms with Crippen molar-refractivity contribution in [1.29, 1.82) is 0 Å². The molecule has 3 aromatic rings. The number of hydrogen-bond acceptors (Lipinski definition) is 4. The maximum absolute atomic E-state index is 12.8. The first kappa shape index (κ1) is 18.3. The molecule has 0 saturated heterocycles. The van der Waals surface area contributed by atoms with Crippen molar-refractivity contribution in [2.24, 2.45) is 11.7 Å². The highest BCUT2D eigenvalue weighted by molar-refractivity contribution is 5.84. The number of rotatable bonds is 5. The number of nitrogens with one attached hydrogen (secondary N) is 1. The van der Waals surface area contributed by atoms with Crippen molar-refractivity contribution in [1.82, 2.24) is 24.1 Å². The van der Waals surface area contributed by atoms with Crippen LogP contribution in [0.25, 0.3) is 16.8 Å². The van der Waals surface area contributed by atoms with Gasteiger partial charge < -0.3 is 11.1 Å². The van der Waals surface area contributed by atoms with E-state index in [2.05, 4.69) is 17.3 Å². The lowest BCUT2D eigenvalue weighted by Crippen LogP contribution is -2.42. The number of hydrogen-bond donors (Lipinski definition) is 2. The number of carbonyl (C=O) groups excluding carboxylic acids is 2. The molecule has 0 spiro atoms. The Labute approximate surface area is 161 Å². The van der Waals surface area contributed by atoms with Crippen LogP contribution in [0.1, 0.15) is 32.6 Å². The van der Waals surface area contributed by atoms with Gasteiger partial charge in [-0.25, -0.2) is 13.9 Å². The van der Waals surface area contributed by atoms with E-state index in [1.165, 1.54) is 10.8 Å². The van der Waals surface area contributed by atoms with E-state index >= 15 is 0 Å². The Morgan fingerprint density at radius 2 is 1.89 bits per heavy atom. The Morgan fingerprint density at radius 1 is 1.18 bits per heavy atom. The van der Waals surface area contributed by atoms with Crippen LogP contribution in [-0.4, -0.2) is 36.6 Å². The van der Waals surface area contributed by atoms with Crippen LogP contribution in [0.4, 0.5) is 0 Å². The molecule has 2 aromatic heterocycles. The van der Waals surface area contributed by atoms with E-state index in [1.54, 1.807) is 10.6 Å². The second-order valence-electron chi connectivity index (χ2n) is 7.55. The fourth-order valence-electron chi connectivity index (χ4n) is 4.10. The lowest BCUT2D eigenvalue weighted by atomic mass is 9.86. The molecule has 0 radical (unpaired) electrons. The molecule has 0 aliphatic heterocycles. The number of nitrogens with two attached hydrogens (primary N) is 1. The fourth-order valence-corrected chi connectivity index (χ4v) is 4.10. The molecule has 1 fully saturated rings. The SMILES string of the molecule is C[C@H]1CCCC[C@H]1NC(=O)Cn1c2ccccc2n2c(=O)n(CC(N)=O)nc12. The fraction of sp³-hybridized carbons (Fsp3) is 0.474.